The van der Waals surface area contributed by atoms with Crippen LogP contribution in [0.3, 0.4) is 0 Å². The molecule has 0 saturated carbocycles. The maximum absolute atomic E-state index is 12.3. The average Bonchev–Trinajstić information content (AvgIpc) is 3.59. The molecule has 0 spiro atoms. The Morgan fingerprint density at radius 1 is 0.449 bits per heavy atom. The van der Waals surface area contributed by atoms with E-state index in [9.17, 15) is 38.4 Å². The van der Waals surface area contributed by atoms with E-state index in [1.165, 1.54) is 33.5 Å². The number of nitrogens with zero attached hydrogens (tertiary/aromatic N) is 2. The van der Waals surface area contributed by atoms with Gasteiger partial charge in [-0.2, -0.15) is 0 Å². The Bertz CT molecular complexity index is 2730. The third-order valence-electron chi connectivity index (χ3n) is 10.3. The monoisotopic (exact) mass is 1310 g/mol. The smallest absolute Gasteiger partial charge is 0.478 e. The molecule has 498 valence electrons. The minimum atomic E-state index is -1.06. The lowest BCUT2D eigenvalue weighted by atomic mass is 10.1. The summed E-state index contributed by atoms with van der Waals surface area (Å²) in [5, 5.41) is 13.0. The first-order valence-electron chi connectivity index (χ1n) is 28.9. The summed E-state index contributed by atoms with van der Waals surface area (Å²) in [6.07, 6.45) is -2.84. The van der Waals surface area contributed by atoms with Crippen molar-refractivity contribution in [2.75, 3.05) is 21.3 Å². The van der Waals surface area contributed by atoms with E-state index in [4.69, 9.17) is 29.8 Å². The zero-order valence-corrected chi connectivity index (χ0v) is 58.3. The van der Waals surface area contributed by atoms with E-state index in [0.717, 1.165) is 34.1 Å². The van der Waals surface area contributed by atoms with Gasteiger partial charge in [0.05, 0.1) is 43.6 Å². The van der Waals surface area contributed by atoms with E-state index in [1.54, 1.807) is 99.9 Å². The SMILES string of the molecule is CC(C)(C)OC(=O)OC(=O)OC(C)(C)C.CC(C)N.CC(C)N(Cc1ccc(C(=O)O)cc1)C(=O)OC(C)(C)C.COC(=O)c1ccc(CBr)cc1.COC(=O)c1ccc(CN(C(=O)OC(C)(C)C)C(C)C)cc1.COC(=O)c1ccc(CNC(C)C)cc1. The maximum Gasteiger partial charge on any atom is 0.519 e. The molecular formula is C67H101BrN4O17. The molecule has 0 aromatic heterocycles. The van der Waals surface area contributed by atoms with Gasteiger partial charge in [-0.25, -0.2) is 38.4 Å². The molecule has 0 unspecified atom stereocenters. The zero-order chi connectivity index (χ0) is 69.2. The third-order valence-corrected chi connectivity index (χ3v) is 11.0. The van der Waals surface area contributed by atoms with Crippen molar-refractivity contribution in [2.45, 2.75) is 210 Å². The largest absolute Gasteiger partial charge is 0.519 e. The number of rotatable bonds is 14. The number of alkyl halides is 1. The molecule has 0 aliphatic carbocycles. The van der Waals surface area contributed by atoms with Gasteiger partial charge >= 0.3 is 48.4 Å². The molecule has 0 fully saturated rings. The summed E-state index contributed by atoms with van der Waals surface area (Å²) < 4.78 is 38.5. The molecule has 4 N–H and O–H groups in total. The minimum Gasteiger partial charge on any atom is -0.478 e. The van der Waals surface area contributed by atoms with Gasteiger partial charge in [-0.1, -0.05) is 92.2 Å². The number of carboxylic acid groups (broad SMARTS) is 1. The van der Waals surface area contributed by atoms with E-state index in [0.29, 0.717) is 41.9 Å². The molecule has 0 heterocycles. The zero-order valence-electron chi connectivity index (χ0n) is 56.7. The lowest BCUT2D eigenvalue weighted by Crippen LogP contribution is -2.40. The molecule has 0 atom stereocenters. The summed E-state index contributed by atoms with van der Waals surface area (Å²) >= 11 is 3.32. The molecule has 0 saturated heterocycles. The normalized spacial score (nSPS) is 10.9. The van der Waals surface area contributed by atoms with Crippen LogP contribution in [0.25, 0.3) is 0 Å². The van der Waals surface area contributed by atoms with Crippen LogP contribution in [0.1, 0.15) is 202 Å². The van der Waals surface area contributed by atoms with Crippen molar-refractivity contribution < 1.29 is 81.4 Å². The van der Waals surface area contributed by atoms with Crippen LogP contribution in [0.5, 0.6) is 0 Å². The van der Waals surface area contributed by atoms with Crippen LogP contribution in [-0.4, -0.2) is 131 Å². The summed E-state index contributed by atoms with van der Waals surface area (Å²) in [6.45, 7) is 38.4. The Morgan fingerprint density at radius 2 is 0.708 bits per heavy atom. The number of methoxy groups -OCH3 is 3. The Kier molecular flexibility index (Phi) is 38.4. The number of carbonyl (C=O) groups excluding carboxylic acids is 7. The molecule has 21 nitrogen and oxygen atoms in total. The Hall–Kier alpha value is -7.56. The number of benzene rings is 4. The number of halogens is 1. The lowest BCUT2D eigenvalue weighted by molar-refractivity contribution is -0.0296. The summed E-state index contributed by atoms with van der Waals surface area (Å²) in [7, 11) is 4.11. The number of amides is 2. The summed E-state index contributed by atoms with van der Waals surface area (Å²) in [6, 6.07) is 29.0. The Balaban J connectivity index is 0. The van der Waals surface area contributed by atoms with E-state index in [2.05, 4.69) is 54.0 Å². The van der Waals surface area contributed by atoms with Crippen LogP contribution in [0, 0.1) is 0 Å². The topological polar surface area (TPSA) is 275 Å². The van der Waals surface area contributed by atoms with E-state index >= 15 is 0 Å². The van der Waals surface area contributed by atoms with Crippen LogP contribution in [0.4, 0.5) is 19.2 Å². The second-order valence-electron chi connectivity index (χ2n) is 24.9. The molecular weight excluding hydrogens is 1210 g/mol. The predicted molar refractivity (Wildman–Crippen MR) is 348 cm³/mol. The van der Waals surface area contributed by atoms with Gasteiger partial charge in [-0.05, 0) is 188 Å². The number of nitrogens with two attached hydrogens (primary N) is 1. The molecule has 4 aromatic rings. The van der Waals surface area contributed by atoms with Gasteiger partial charge in [0.25, 0.3) is 0 Å². The van der Waals surface area contributed by atoms with Crippen LogP contribution in [0.15, 0.2) is 97.1 Å². The second kappa shape index (κ2) is 40.9. The standard InChI is InChI=1S/C17H25NO4.C16H23NO4.C12H17NO2.C10H18O5.C9H9BrO2.C3H9N/c1-12(2)18(16(20)22-17(3,4)5)11-13-7-9-14(10-8-13)15(19)21-6;1-11(2)17(15(20)21-16(3,4)5)10-12-6-8-13(9-7-12)14(18)19;1-9(2)13-8-10-4-6-11(7-5-10)12(14)15-3;1-9(2,3)14-7(11)13-8(12)15-10(4,5)6;1-12-9(11)8-4-2-7(6-10)3-5-8;1-3(2)4/h7-10,12H,11H2,1-6H3;6-9,11H,10H2,1-5H3,(H,18,19);4-7,9,13H,8H2,1-3H3;1-6H3;2-5H,6H2,1H3;3H,4H2,1-2H3. The maximum atomic E-state index is 12.3. The van der Waals surface area contributed by atoms with Crippen molar-refractivity contribution in [3.05, 3.63) is 142 Å². The molecule has 0 aliphatic heterocycles. The Labute approximate surface area is 537 Å². The highest BCUT2D eigenvalue weighted by Crippen LogP contribution is 2.19. The fourth-order valence-corrected chi connectivity index (χ4v) is 6.60. The van der Waals surface area contributed by atoms with Crippen molar-refractivity contribution in [2.24, 2.45) is 5.73 Å². The van der Waals surface area contributed by atoms with Gasteiger partial charge in [0, 0.05) is 43.1 Å². The summed E-state index contributed by atoms with van der Waals surface area (Å²) in [5.41, 5.74) is 8.62. The predicted octanol–water partition coefficient (Wildman–Crippen LogP) is 14.7. The highest BCUT2D eigenvalue weighted by Gasteiger charge is 2.27. The number of hydrogen-bond donors (Lipinski definition) is 3. The first kappa shape index (κ1) is 83.5. The molecule has 2 amide bonds. The van der Waals surface area contributed by atoms with Gasteiger partial charge in [0.1, 0.15) is 22.4 Å². The highest BCUT2D eigenvalue weighted by molar-refractivity contribution is 9.08. The number of carbonyl (C=O) groups is 8. The van der Waals surface area contributed by atoms with Gasteiger partial charge in [-0.3, -0.25) is 0 Å². The van der Waals surface area contributed by atoms with Crippen molar-refractivity contribution in [1.82, 2.24) is 15.1 Å². The van der Waals surface area contributed by atoms with Crippen molar-refractivity contribution in [3.63, 3.8) is 0 Å². The molecule has 4 rings (SSSR count). The van der Waals surface area contributed by atoms with E-state index in [1.807, 2.05) is 119 Å². The van der Waals surface area contributed by atoms with Gasteiger partial charge in [-0.15, -0.1) is 0 Å². The van der Waals surface area contributed by atoms with Gasteiger partial charge < -0.3 is 63.9 Å². The van der Waals surface area contributed by atoms with Crippen LogP contribution < -0.4 is 11.1 Å². The first-order chi connectivity index (χ1) is 40.9. The minimum absolute atomic E-state index is 0.00938. The number of esters is 3. The second-order valence-corrected chi connectivity index (χ2v) is 25.5. The van der Waals surface area contributed by atoms with Crippen LogP contribution in [0.2, 0.25) is 0 Å². The van der Waals surface area contributed by atoms with Crippen LogP contribution in [-0.2, 0) is 62.9 Å². The molecule has 0 radical (unpaired) electrons. The van der Waals surface area contributed by atoms with Gasteiger partial charge in [0.15, 0.2) is 0 Å². The number of ether oxygens (including phenoxy) is 8. The van der Waals surface area contributed by atoms with Crippen molar-refractivity contribution in [3.8, 4) is 0 Å². The van der Waals surface area contributed by atoms with E-state index < -0.39 is 40.7 Å². The first-order valence-corrected chi connectivity index (χ1v) is 30.0. The van der Waals surface area contributed by atoms with Gasteiger partial charge in [0.2, 0.25) is 0 Å². The third kappa shape index (κ3) is 41.3. The van der Waals surface area contributed by atoms with E-state index in [-0.39, 0.29) is 47.7 Å². The summed E-state index contributed by atoms with van der Waals surface area (Å²) in [4.78, 5) is 94.1. The quantitative estimate of drug-likeness (QED) is 0.0458. The number of hydrogen-bond acceptors (Lipinski definition) is 18. The Morgan fingerprint density at radius 3 is 0.933 bits per heavy atom. The highest BCUT2D eigenvalue weighted by atomic mass is 79.9. The van der Waals surface area contributed by atoms with Crippen LogP contribution >= 0.6 is 15.9 Å². The number of aromatic carboxylic acids is 1. The lowest BCUT2D eigenvalue weighted by Gasteiger charge is -2.30. The van der Waals surface area contributed by atoms with Crippen molar-refractivity contribution >= 4 is 64.3 Å². The molecule has 4 aromatic carbocycles. The fraction of sp³-hybridized carbons (Fsp3) is 0.522. The summed E-state index contributed by atoms with van der Waals surface area (Å²) in [5.74, 6) is -1.93. The molecule has 0 aliphatic rings. The molecule has 0 bridgehead atoms. The number of carboxylic acids is 1. The molecule has 22 heteroatoms. The average molecular weight is 1310 g/mol. The fourth-order valence-electron chi connectivity index (χ4n) is 6.22. The molecule has 89 heavy (non-hydrogen) atoms. The number of nitrogens with one attached hydrogen (secondary N) is 1. The van der Waals surface area contributed by atoms with Crippen molar-refractivity contribution in [1.29, 1.82) is 0 Å².